The lowest BCUT2D eigenvalue weighted by Crippen LogP contribution is -2.41. The largest absolute Gasteiger partial charge is 0.0949 e. The molecule has 0 N–H and O–H groups in total. The molecule has 0 spiro atoms. The standard InChI is InChI=1S/C38H32/c1-27(25-26-29-15-5-3-6-16-29)37-33-21-11-13-23-35(33)38(36-24-14-12-22-34(36)37)28(2)31-19-9-10-20-32(31)30-17-7-4-8-18-30/h3-26,31-33,35H,1-2H2. The van der Waals surface area contributed by atoms with Crippen LogP contribution < -0.4 is 10.4 Å². The van der Waals surface area contributed by atoms with Crippen molar-refractivity contribution in [1.82, 2.24) is 0 Å². The summed E-state index contributed by atoms with van der Waals surface area (Å²) in [5.41, 5.74) is 7.41. The predicted octanol–water partition coefficient (Wildman–Crippen LogP) is 7.71. The van der Waals surface area contributed by atoms with Gasteiger partial charge in [0.25, 0.3) is 0 Å². The van der Waals surface area contributed by atoms with Crippen LogP contribution in [0.4, 0.5) is 0 Å². The summed E-state index contributed by atoms with van der Waals surface area (Å²) in [5, 5.41) is 2.54. The van der Waals surface area contributed by atoms with Crippen LogP contribution in [0.5, 0.6) is 0 Å². The van der Waals surface area contributed by atoms with Crippen LogP contribution in [0.15, 0.2) is 164 Å². The van der Waals surface area contributed by atoms with Crippen molar-refractivity contribution < 1.29 is 0 Å². The van der Waals surface area contributed by atoms with E-state index in [1.54, 1.807) is 0 Å². The van der Waals surface area contributed by atoms with Crippen molar-refractivity contribution in [2.75, 3.05) is 0 Å². The highest BCUT2D eigenvalue weighted by molar-refractivity contribution is 5.82. The molecular formula is C38H32. The Kier molecular flexibility index (Phi) is 6.63. The van der Waals surface area contributed by atoms with Crippen LogP contribution >= 0.6 is 0 Å². The van der Waals surface area contributed by atoms with E-state index in [0.29, 0.717) is 0 Å². The number of hydrogen-bond acceptors (Lipinski definition) is 0. The Balaban J connectivity index is 1.50. The summed E-state index contributed by atoms with van der Waals surface area (Å²) in [5.74, 6) is 0.903. The second-order valence-corrected chi connectivity index (χ2v) is 10.2. The van der Waals surface area contributed by atoms with Crippen molar-refractivity contribution in [3.63, 3.8) is 0 Å². The fourth-order valence-corrected chi connectivity index (χ4v) is 6.21. The molecule has 0 aliphatic heterocycles. The Labute approximate surface area is 226 Å². The fourth-order valence-electron chi connectivity index (χ4n) is 6.21. The van der Waals surface area contributed by atoms with E-state index in [0.717, 1.165) is 5.57 Å². The normalized spacial score (nSPS) is 23.4. The van der Waals surface area contributed by atoms with Crippen molar-refractivity contribution in [3.05, 3.63) is 185 Å². The third-order valence-electron chi connectivity index (χ3n) is 8.00. The minimum atomic E-state index is 0.202. The molecule has 4 unspecified atom stereocenters. The molecule has 0 bridgehead atoms. The molecule has 38 heavy (non-hydrogen) atoms. The lowest BCUT2D eigenvalue weighted by Gasteiger charge is -2.37. The molecule has 4 atom stereocenters. The van der Waals surface area contributed by atoms with Crippen LogP contribution in [-0.2, 0) is 0 Å². The monoisotopic (exact) mass is 488 g/mol. The van der Waals surface area contributed by atoms with Crippen LogP contribution in [0.3, 0.4) is 0 Å². The van der Waals surface area contributed by atoms with Gasteiger partial charge in [-0.3, -0.25) is 0 Å². The van der Waals surface area contributed by atoms with E-state index in [2.05, 4.69) is 146 Å². The molecule has 3 aliphatic carbocycles. The minimum absolute atomic E-state index is 0.202. The maximum absolute atomic E-state index is 4.79. The van der Waals surface area contributed by atoms with Gasteiger partial charge in [0.15, 0.2) is 0 Å². The molecule has 6 rings (SSSR count). The molecule has 3 aromatic rings. The van der Waals surface area contributed by atoms with Crippen molar-refractivity contribution in [1.29, 1.82) is 0 Å². The van der Waals surface area contributed by atoms with Gasteiger partial charge in [-0.05, 0) is 43.9 Å². The highest BCUT2D eigenvalue weighted by atomic mass is 14.4. The smallest absolute Gasteiger partial charge is 0.0137 e. The van der Waals surface area contributed by atoms with Gasteiger partial charge in [-0.2, -0.15) is 0 Å². The molecular weight excluding hydrogens is 456 g/mol. The van der Waals surface area contributed by atoms with E-state index < -0.39 is 0 Å². The van der Waals surface area contributed by atoms with E-state index in [9.17, 15) is 0 Å². The zero-order chi connectivity index (χ0) is 25.9. The second-order valence-electron chi connectivity index (χ2n) is 10.2. The van der Waals surface area contributed by atoms with E-state index in [-0.39, 0.29) is 23.7 Å². The third-order valence-corrected chi connectivity index (χ3v) is 8.00. The molecule has 0 aromatic heterocycles. The number of hydrogen-bond donors (Lipinski definition) is 0. The summed E-state index contributed by atoms with van der Waals surface area (Å²) in [4.78, 5) is 0. The first-order valence-electron chi connectivity index (χ1n) is 13.4. The quantitative estimate of drug-likeness (QED) is 0.312. The van der Waals surface area contributed by atoms with Gasteiger partial charge in [0.1, 0.15) is 0 Å². The maximum atomic E-state index is 4.79. The number of rotatable bonds is 6. The average Bonchev–Trinajstić information content (AvgIpc) is 2.99. The molecule has 0 saturated carbocycles. The summed E-state index contributed by atoms with van der Waals surface area (Å²) < 4.78 is 0. The van der Waals surface area contributed by atoms with E-state index in [1.165, 1.54) is 38.3 Å². The number of fused-ring (bicyclic) bond motifs is 2. The Bertz CT molecular complexity index is 1640. The van der Waals surface area contributed by atoms with Gasteiger partial charge in [-0.15, -0.1) is 0 Å². The van der Waals surface area contributed by atoms with Gasteiger partial charge < -0.3 is 0 Å². The Morgan fingerprint density at radius 2 is 1.08 bits per heavy atom. The van der Waals surface area contributed by atoms with Crippen molar-refractivity contribution in [3.8, 4) is 0 Å². The fraction of sp³-hybridized carbons (Fsp3) is 0.105. The van der Waals surface area contributed by atoms with Gasteiger partial charge >= 0.3 is 0 Å². The average molecular weight is 489 g/mol. The summed E-state index contributed by atoms with van der Waals surface area (Å²) in [6.45, 7) is 9.35. The topological polar surface area (TPSA) is 0 Å². The Hall–Kier alpha value is -4.42. The van der Waals surface area contributed by atoms with E-state index in [1.807, 2.05) is 6.07 Å². The summed E-state index contributed by atoms with van der Waals surface area (Å²) in [7, 11) is 0. The predicted molar refractivity (Wildman–Crippen MR) is 162 cm³/mol. The van der Waals surface area contributed by atoms with Crippen molar-refractivity contribution in [2.24, 2.45) is 17.8 Å². The number of benzene rings is 3. The molecule has 0 radical (unpaired) electrons. The summed E-state index contributed by atoms with van der Waals surface area (Å²) in [6, 6.07) is 30.1. The van der Waals surface area contributed by atoms with Gasteiger partial charge in [-0.1, -0.05) is 159 Å². The van der Waals surface area contributed by atoms with E-state index in [4.69, 9.17) is 6.58 Å². The Morgan fingerprint density at radius 1 is 0.553 bits per heavy atom. The number of allylic oxidation sites excluding steroid dienone is 11. The van der Waals surface area contributed by atoms with Crippen LogP contribution in [0.25, 0.3) is 17.2 Å². The zero-order valence-electron chi connectivity index (χ0n) is 21.6. The highest BCUT2D eigenvalue weighted by Gasteiger charge is 2.35. The molecule has 0 nitrogen and oxygen atoms in total. The SMILES string of the molecule is C=C(C=Cc1ccccc1)C1=c2ccccc2=C(C(=C)C2C=CC=CC2c2ccccc2)C2C=CC=CC12. The van der Waals surface area contributed by atoms with Gasteiger partial charge in [0, 0.05) is 23.7 Å². The third kappa shape index (κ3) is 4.44. The Morgan fingerprint density at radius 3 is 1.76 bits per heavy atom. The van der Waals surface area contributed by atoms with Crippen LogP contribution in [-0.4, -0.2) is 0 Å². The lowest BCUT2D eigenvalue weighted by atomic mass is 9.66. The van der Waals surface area contributed by atoms with E-state index >= 15 is 0 Å². The molecule has 184 valence electrons. The van der Waals surface area contributed by atoms with Crippen LogP contribution in [0, 0.1) is 17.8 Å². The molecule has 0 heterocycles. The molecule has 0 heteroatoms. The highest BCUT2D eigenvalue weighted by Crippen LogP contribution is 2.45. The van der Waals surface area contributed by atoms with Gasteiger partial charge in [-0.25, -0.2) is 0 Å². The maximum Gasteiger partial charge on any atom is 0.0137 e. The van der Waals surface area contributed by atoms with Crippen molar-refractivity contribution in [2.45, 2.75) is 5.92 Å². The molecule has 3 aliphatic rings. The molecule has 0 saturated heterocycles. The first-order valence-corrected chi connectivity index (χ1v) is 13.4. The van der Waals surface area contributed by atoms with Gasteiger partial charge in [0.05, 0.1) is 0 Å². The zero-order valence-corrected chi connectivity index (χ0v) is 21.6. The first kappa shape index (κ1) is 23.9. The van der Waals surface area contributed by atoms with Crippen LogP contribution in [0.2, 0.25) is 0 Å². The lowest BCUT2D eigenvalue weighted by molar-refractivity contribution is 0.637. The summed E-state index contributed by atoms with van der Waals surface area (Å²) in [6.07, 6.45) is 22.4. The van der Waals surface area contributed by atoms with Gasteiger partial charge in [0.2, 0.25) is 0 Å². The molecule has 3 aromatic carbocycles. The molecule has 0 fully saturated rings. The second kappa shape index (κ2) is 10.5. The van der Waals surface area contributed by atoms with Crippen LogP contribution in [0.1, 0.15) is 17.0 Å². The first-order chi connectivity index (χ1) is 18.7. The summed E-state index contributed by atoms with van der Waals surface area (Å²) >= 11 is 0. The van der Waals surface area contributed by atoms with Crippen molar-refractivity contribution >= 4 is 17.2 Å². The molecule has 0 amide bonds. The minimum Gasteiger partial charge on any atom is -0.0949 e.